The van der Waals surface area contributed by atoms with Crippen LogP contribution in [0.1, 0.15) is 33.6 Å². The summed E-state index contributed by atoms with van der Waals surface area (Å²) < 4.78 is 0. The van der Waals surface area contributed by atoms with Crippen molar-refractivity contribution in [3.05, 3.63) is 83.3 Å². The van der Waals surface area contributed by atoms with Crippen molar-refractivity contribution < 1.29 is 15.0 Å². The first-order valence-corrected chi connectivity index (χ1v) is 10.4. The van der Waals surface area contributed by atoms with Gasteiger partial charge < -0.3 is 20.8 Å². The topological polar surface area (TPSA) is 94.0 Å². The maximum atomic E-state index is 12.8. The van der Waals surface area contributed by atoms with Crippen LogP contribution < -0.4 is 10.6 Å². The number of para-hydroxylation sites is 2. The van der Waals surface area contributed by atoms with Gasteiger partial charge in [-0.25, -0.2) is 0 Å². The van der Waals surface area contributed by atoms with Crippen LogP contribution in [0.5, 0.6) is 0 Å². The lowest BCUT2D eigenvalue weighted by Crippen LogP contribution is -2.30. The van der Waals surface area contributed by atoms with Crippen LogP contribution in [0.3, 0.4) is 0 Å². The third-order valence-electron chi connectivity index (χ3n) is 4.96. The number of carbonyl (C=O) groups excluding carboxylic acids is 1. The average Bonchev–Trinajstić information content (AvgIpc) is 3.03. The molecule has 2 atom stereocenters. The fourth-order valence-electron chi connectivity index (χ4n) is 3.57. The van der Waals surface area contributed by atoms with E-state index in [2.05, 4.69) is 10.6 Å². The first kappa shape index (κ1) is 22.3. The Hall–Kier alpha value is -3.38. The normalized spacial score (nSPS) is 16.2. The quantitative estimate of drug-likeness (QED) is 0.469. The van der Waals surface area contributed by atoms with Gasteiger partial charge in [-0.3, -0.25) is 9.79 Å². The molecule has 0 unspecified atom stereocenters. The van der Waals surface area contributed by atoms with Gasteiger partial charge in [0, 0.05) is 18.2 Å². The zero-order valence-electron chi connectivity index (χ0n) is 18.1. The van der Waals surface area contributed by atoms with E-state index in [9.17, 15) is 15.0 Å². The molecule has 0 aliphatic carbocycles. The van der Waals surface area contributed by atoms with E-state index in [4.69, 9.17) is 4.99 Å². The van der Waals surface area contributed by atoms with Gasteiger partial charge in [-0.1, -0.05) is 36.4 Å². The Balaban J connectivity index is 2.02. The number of anilines is 1. The number of nitrogens with one attached hydrogen (secondary N) is 2. The first-order valence-electron chi connectivity index (χ1n) is 10.4. The largest absolute Gasteiger partial charge is 0.505 e. The van der Waals surface area contributed by atoms with E-state index in [1.807, 2.05) is 74.5 Å². The fraction of sp³-hybridized carbons (Fsp3) is 0.280. The van der Waals surface area contributed by atoms with E-state index < -0.39 is 6.10 Å². The monoisotopic (exact) mass is 419 g/mol. The molecule has 1 aliphatic heterocycles. The summed E-state index contributed by atoms with van der Waals surface area (Å²) in [6.45, 7) is 5.39. The van der Waals surface area contributed by atoms with Gasteiger partial charge in [-0.2, -0.15) is 0 Å². The Morgan fingerprint density at radius 3 is 2.23 bits per heavy atom. The molecule has 0 aromatic heterocycles. The van der Waals surface area contributed by atoms with Crippen molar-refractivity contribution in [1.82, 2.24) is 5.32 Å². The summed E-state index contributed by atoms with van der Waals surface area (Å²) in [5, 5.41) is 27.0. The maximum Gasteiger partial charge on any atom is 0.261 e. The second-order valence-corrected chi connectivity index (χ2v) is 7.94. The first-order chi connectivity index (χ1) is 14.8. The number of carbonyl (C=O) groups is 1. The molecular formula is C25H29N3O3. The summed E-state index contributed by atoms with van der Waals surface area (Å²) in [5.74, 6) is -0.464. The predicted octanol–water partition coefficient (Wildman–Crippen LogP) is 4.64. The lowest BCUT2D eigenvalue weighted by molar-refractivity contribution is -0.115. The number of aliphatic hydroxyl groups excluding tert-OH is 2. The second-order valence-electron chi connectivity index (χ2n) is 7.94. The highest BCUT2D eigenvalue weighted by molar-refractivity contribution is 6.25. The molecule has 6 heteroatoms. The van der Waals surface area contributed by atoms with Crippen LogP contribution in [-0.2, 0) is 4.79 Å². The summed E-state index contributed by atoms with van der Waals surface area (Å²) in [6.07, 6.45) is 0.248. The SMILES string of the molecule is CC(C)=C1NC(=O)C(C(C[C@H](C[C@H](C)O)Nc2ccccc2)=Nc2ccccc2)=C1O. The number of allylic oxidation sites excluding steroid dienone is 1. The van der Waals surface area contributed by atoms with Crippen molar-refractivity contribution in [3.63, 3.8) is 0 Å². The average molecular weight is 420 g/mol. The molecule has 162 valence electrons. The molecule has 6 nitrogen and oxygen atoms in total. The van der Waals surface area contributed by atoms with E-state index in [-0.39, 0.29) is 23.3 Å². The maximum absolute atomic E-state index is 12.8. The van der Waals surface area contributed by atoms with Gasteiger partial charge in [-0.15, -0.1) is 0 Å². The number of benzene rings is 2. The van der Waals surface area contributed by atoms with Gasteiger partial charge in [0.15, 0.2) is 5.76 Å². The Kier molecular flexibility index (Phi) is 7.26. The van der Waals surface area contributed by atoms with Crippen molar-refractivity contribution in [2.45, 2.75) is 45.8 Å². The summed E-state index contributed by atoms with van der Waals surface area (Å²) >= 11 is 0. The van der Waals surface area contributed by atoms with Crippen molar-refractivity contribution >= 4 is 23.0 Å². The molecule has 0 radical (unpaired) electrons. The van der Waals surface area contributed by atoms with Gasteiger partial charge >= 0.3 is 0 Å². The number of hydrogen-bond donors (Lipinski definition) is 4. The van der Waals surface area contributed by atoms with E-state index >= 15 is 0 Å². The molecule has 2 aromatic carbocycles. The van der Waals surface area contributed by atoms with Gasteiger partial charge in [0.1, 0.15) is 5.57 Å². The minimum absolute atomic E-state index is 0.0878. The van der Waals surface area contributed by atoms with Gasteiger partial charge in [0.05, 0.1) is 23.2 Å². The van der Waals surface area contributed by atoms with Gasteiger partial charge in [0.25, 0.3) is 5.91 Å². The van der Waals surface area contributed by atoms with Crippen LogP contribution in [0.2, 0.25) is 0 Å². The summed E-state index contributed by atoms with van der Waals surface area (Å²) in [6, 6.07) is 18.8. The van der Waals surface area contributed by atoms with Crippen LogP contribution in [0, 0.1) is 0 Å². The smallest absolute Gasteiger partial charge is 0.261 e. The van der Waals surface area contributed by atoms with Crippen LogP contribution in [0.15, 0.2) is 88.3 Å². The van der Waals surface area contributed by atoms with Crippen LogP contribution >= 0.6 is 0 Å². The molecule has 1 aliphatic rings. The zero-order chi connectivity index (χ0) is 22.4. The van der Waals surface area contributed by atoms with Crippen molar-refractivity contribution in [2.75, 3.05) is 5.32 Å². The third kappa shape index (κ3) is 5.83. The minimum Gasteiger partial charge on any atom is -0.505 e. The number of aliphatic imine (C=N–C) groups is 1. The van der Waals surface area contributed by atoms with E-state index in [1.54, 1.807) is 6.92 Å². The highest BCUT2D eigenvalue weighted by Gasteiger charge is 2.32. The number of nitrogens with zero attached hydrogens (tertiary/aromatic N) is 1. The predicted molar refractivity (Wildman–Crippen MR) is 124 cm³/mol. The van der Waals surface area contributed by atoms with Crippen LogP contribution in [-0.4, -0.2) is 34.0 Å². The van der Waals surface area contributed by atoms with E-state index in [0.717, 1.165) is 11.3 Å². The van der Waals surface area contributed by atoms with Crippen molar-refractivity contribution in [3.8, 4) is 0 Å². The minimum atomic E-state index is -0.549. The third-order valence-corrected chi connectivity index (χ3v) is 4.96. The second kappa shape index (κ2) is 10.1. The summed E-state index contributed by atoms with van der Waals surface area (Å²) in [5.41, 5.74) is 3.46. The van der Waals surface area contributed by atoms with E-state index in [1.165, 1.54) is 0 Å². The fourth-order valence-corrected chi connectivity index (χ4v) is 3.57. The van der Waals surface area contributed by atoms with Gasteiger partial charge in [-0.05, 0) is 57.0 Å². The lowest BCUT2D eigenvalue weighted by atomic mass is 9.97. The molecule has 0 bridgehead atoms. The molecule has 0 saturated heterocycles. The molecule has 4 N–H and O–H groups in total. The molecule has 1 heterocycles. The highest BCUT2D eigenvalue weighted by Crippen LogP contribution is 2.27. The summed E-state index contributed by atoms with van der Waals surface area (Å²) in [7, 11) is 0. The van der Waals surface area contributed by atoms with E-state index in [0.29, 0.717) is 29.9 Å². The highest BCUT2D eigenvalue weighted by atomic mass is 16.3. The zero-order valence-corrected chi connectivity index (χ0v) is 18.1. The Morgan fingerprint density at radius 2 is 1.68 bits per heavy atom. The van der Waals surface area contributed by atoms with Gasteiger partial charge in [0.2, 0.25) is 0 Å². The molecule has 0 fully saturated rings. The van der Waals surface area contributed by atoms with Crippen molar-refractivity contribution in [1.29, 1.82) is 0 Å². The molecule has 0 saturated carbocycles. The molecule has 0 spiro atoms. The number of aliphatic hydroxyl groups is 2. The Bertz CT molecular complexity index is 1000. The molecule has 31 heavy (non-hydrogen) atoms. The molecule has 2 aromatic rings. The summed E-state index contributed by atoms with van der Waals surface area (Å²) in [4.78, 5) is 17.5. The Labute approximate surface area is 183 Å². The number of hydrogen-bond acceptors (Lipinski definition) is 5. The molecular weight excluding hydrogens is 390 g/mol. The van der Waals surface area contributed by atoms with Crippen molar-refractivity contribution in [2.24, 2.45) is 4.99 Å². The van der Waals surface area contributed by atoms with Crippen LogP contribution in [0.4, 0.5) is 11.4 Å². The van der Waals surface area contributed by atoms with Crippen LogP contribution in [0.25, 0.3) is 0 Å². The Morgan fingerprint density at radius 1 is 1.06 bits per heavy atom. The number of rotatable bonds is 8. The number of amides is 1. The lowest BCUT2D eigenvalue weighted by Gasteiger charge is -2.22. The molecule has 1 amide bonds. The molecule has 3 rings (SSSR count). The standard InChI is InChI=1S/C25H29N3O3/c1-16(2)23-24(30)22(25(31)28-23)21(27-19-12-8-5-9-13-19)15-20(14-17(3)29)26-18-10-6-4-7-11-18/h4-13,17,20,26,29-30H,14-15H2,1-3H3,(H,28,31)/t17-,20-/m0/s1.